The number of phosphoric acid groups is 1. The quantitative estimate of drug-likeness (QED) is 0.148. The Morgan fingerprint density at radius 3 is 2.00 bits per heavy atom. The molecule has 230 valence electrons. The zero-order valence-electron chi connectivity index (χ0n) is 22.8. The number of aliphatic hydroxyl groups excluding tert-OH is 1. The van der Waals surface area contributed by atoms with Crippen LogP contribution in [0.3, 0.4) is 0 Å². The van der Waals surface area contributed by atoms with Crippen molar-refractivity contribution in [3.05, 3.63) is 22.7 Å². The van der Waals surface area contributed by atoms with Crippen molar-refractivity contribution < 1.29 is 65.6 Å². The highest BCUT2D eigenvalue weighted by Gasteiger charge is 2.47. The second kappa shape index (κ2) is 16.4. The number of nitrogens with two attached hydrogens (primary N) is 1. The fourth-order valence-electron chi connectivity index (χ4n) is 2.74. The topological polar surface area (TPSA) is 215 Å². The van der Waals surface area contributed by atoms with E-state index in [1.807, 2.05) is 0 Å². The number of aromatic nitrogens is 2. The number of methoxy groups -OCH3 is 2. The Morgan fingerprint density at radius 2 is 1.57 bits per heavy atom. The molecule has 1 aromatic heterocycles. The molecule has 0 unspecified atom stereocenters. The number of ether oxygens (including phenoxy) is 6. The van der Waals surface area contributed by atoms with E-state index < -0.39 is 82.8 Å². The monoisotopic (exact) mass is 603 g/mol. The van der Waals surface area contributed by atoms with Crippen molar-refractivity contribution >= 4 is 26.0 Å². The molecule has 0 fully saturated rings. The van der Waals surface area contributed by atoms with Crippen molar-refractivity contribution in [3.8, 4) is 0 Å². The molecule has 0 aliphatic carbocycles. The van der Waals surface area contributed by atoms with Gasteiger partial charge >= 0.3 is 25.8 Å². The molecule has 17 nitrogen and oxygen atoms in total. The molecule has 1 heterocycles. The van der Waals surface area contributed by atoms with Gasteiger partial charge in [-0.2, -0.15) is 4.98 Å². The Labute approximate surface area is 229 Å². The molecule has 1 rings (SSSR count). The first-order chi connectivity index (χ1) is 18.7. The molecule has 0 saturated carbocycles. The maximum Gasteiger partial charge on any atom is 0.510 e. The molecule has 0 bridgehead atoms. The number of carbonyl (C=O) groups is 2. The van der Waals surface area contributed by atoms with Crippen LogP contribution in [0.1, 0.15) is 34.0 Å². The summed E-state index contributed by atoms with van der Waals surface area (Å²) in [5.41, 5.74) is 2.14. The van der Waals surface area contributed by atoms with E-state index in [9.17, 15) is 24.1 Å². The molecule has 19 heteroatoms. The molecule has 0 aliphatic rings. The number of halogens is 1. The largest absolute Gasteiger partial charge is 0.510 e. The third-order valence-corrected chi connectivity index (χ3v) is 5.91. The Kier molecular flexibility index (Phi) is 14.4. The first-order valence-electron chi connectivity index (χ1n) is 11.6. The van der Waals surface area contributed by atoms with Crippen LogP contribution in [0.15, 0.2) is 17.1 Å². The molecule has 40 heavy (non-hydrogen) atoms. The van der Waals surface area contributed by atoms with E-state index in [1.165, 1.54) is 7.11 Å². The first kappa shape index (κ1) is 35.2. The smallest absolute Gasteiger partial charge is 0.432 e. The number of nitrogen functional groups attached to an aromatic ring is 1. The lowest BCUT2D eigenvalue weighted by Gasteiger charge is -2.37. The average molecular weight is 603 g/mol. The molecule has 3 atom stereocenters. The molecule has 0 aromatic carbocycles. The van der Waals surface area contributed by atoms with Gasteiger partial charge in [-0.3, -0.25) is 9.09 Å². The number of phosphoric ester groups is 1. The van der Waals surface area contributed by atoms with Crippen molar-refractivity contribution in [2.75, 3.05) is 46.8 Å². The van der Waals surface area contributed by atoms with Crippen molar-refractivity contribution in [2.45, 2.75) is 57.9 Å². The summed E-state index contributed by atoms with van der Waals surface area (Å²) in [5.74, 6) is -0.185. The highest BCUT2D eigenvalue weighted by Crippen LogP contribution is 2.50. The van der Waals surface area contributed by atoms with Gasteiger partial charge in [0.05, 0.1) is 25.4 Å². The fourth-order valence-corrected chi connectivity index (χ4v) is 3.71. The second-order valence-corrected chi connectivity index (χ2v) is 10.1. The average Bonchev–Trinajstić information content (AvgIpc) is 2.85. The van der Waals surface area contributed by atoms with E-state index in [0.717, 1.165) is 19.4 Å². The Hall–Kier alpha value is -2.86. The Bertz CT molecular complexity index is 1030. The van der Waals surface area contributed by atoms with E-state index in [-0.39, 0.29) is 5.82 Å². The van der Waals surface area contributed by atoms with Crippen LogP contribution in [-0.2, 0) is 46.6 Å². The number of alkyl halides is 1. The minimum atomic E-state index is -4.82. The maximum atomic E-state index is 15.3. The van der Waals surface area contributed by atoms with Gasteiger partial charge in [-0.15, -0.1) is 0 Å². The van der Waals surface area contributed by atoms with Crippen LogP contribution in [0.2, 0.25) is 0 Å². The van der Waals surface area contributed by atoms with Crippen molar-refractivity contribution in [3.63, 3.8) is 0 Å². The van der Waals surface area contributed by atoms with Crippen LogP contribution in [0.4, 0.5) is 19.8 Å². The summed E-state index contributed by atoms with van der Waals surface area (Å²) < 4.78 is 73.1. The number of anilines is 1. The number of carbonyl (C=O) groups excluding carboxylic acids is 2. The van der Waals surface area contributed by atoms with Crippen molar-refractivity contribution in [2.24, 2.45) is 0 Å². The first-order valence-corrected chi connectivity index (χ1v) is 13.1. The van der Waals surface area contributed by atoms with Crippen LogP contribution >= 0.6 is 7.82 Å². The van der Waals surface area contributed by atoms with Gasteiger partial charge in [0.2, 0.25) is 19.9 Å². The van der Waals surface area contributed by atoms with Gasteiger partial charge in [0, 0.05) is 20.4 Å². The van der Waals surface area contributed by atoms with E-state index in [1.54, 1.807) is 27.7 Å². The van der Waals surface area contributed by atoms with Crippen LogP contribution < -0.4 is 11.4 Å². The summed E-state index contributed by atoms with van der Waals surface area (Å²) in [6.07, 6.45) is -7.17. The van der Waals surface area contributed by atoms with Gasteiger partial charge in [-0.25, -0.2) is 32.4 Å². The summed E-state index contributed by atoms with van der Waals surface area (Å²) in [7, 11) is -2.60. The molecule has 3 N–H and O–H groups in total. The number of hydrogen-bond acceptors (Lipinski definition) is 16. The van der Waals surface area contributed by atoms with Crippen molar-refractivity contribution in [1.82, 2.24) is 9.55 Å². The zero-order chi connectivity index (χ0) is 30.5. The predicted octanol–water partition coefficient (Wildman–Crippen LogP) is 1.88. The van der Waals surface area contributed by atoms with Gasteiger partial charge in [0.15, 0.2) is 0 Å². The van der Waals surface area contributed by atoms with Crippen molar-refractivity contribution in [1.29, 1.82) is 0 Å². The summed E-state index contributed by atoms with van der Waals surface area (Å²) in [5, 5.41) is 10.8. The number of hydrogen-bond donors (Lipinski definition) is 2. The number of rotatable bonds is 17. The Morgan fingerprint density at radius 1 is 1.05 bits per heavy atom. The lowest BCUT2D eigenvalue weighted by atomic mass is 9.97. The predicted molar refractivity (Wildman–Crippen MR) is 132 cm³/mol. The lowest BCUT2D eigenvalue weighted by molar-refractivity contribution is -0.186. The second-order valence-electron chi connectivity index (χ2n) is 8.40. The number of aliphatic hydroxyl groups is 1. The Balaban J connectivity index is 3.13. The summed E-state index contributed by atoms with van der Waals surface area (Å²) in [4.78, 5) is 38.7. The van der Waals surface area contributed by atoms with Gasteiger partial charge in [-0.05, 0) is 33.8 Å². The van der Waals surface area contributed by atoms with Gasteiger partial charge in [0.1, 0.15) is 17.5 Å². The summed E-state index contributed by atoms with van der Waals surface area (Å²) in [6.45, 7) is 2.61. The molecule has 0 radical (unpaired) electrons. The number of nitrogens with zero attached hydrogens (tertiary/aromatic N) is 2. The van der Waals surface area contributed by atoms with E-state index in [0.29, 0.717) is 4.57 Å². The third-order valence-electron chi connectivity index (χ3n) is 4.62. The summed E-state index contributed by atoms with van der Waals surface area (Å²) >= 11 is 0. The third kappa shape index (κ3) is 11.3. The maximum absolute atomic E-state index is 15.3. The fraction of sp³-hybridized carbons (Fsp3) is 0.714. The van der Waals surface area contributed by atoms with E-state index in [4.69, 9.17) is 38.3 Å². The zero-order valence-corrected chi connectivity index (χ0v) is 23.7. The molecule has 1 aromatic rings. The molecular formula is C21H35FN3O14P. The highest BCUT2D eigenvalue weighted by molar-refractivity contribution is 7.48. The minimum absolute atomic E-state index is 0.185. The van der Waals surface area contributed by atoms with Gasteiger partial charge in [-0.1, -0.05) is 0 Å². The molecule has 0 amide bonds. The van der Waals surface area contributed by atoms with Gasteiger partial charge in [0.25, 0.3) is 0 Å². The molecule has 0 spiro atoms. The molecule has 0 saturated heterocycles. The van der Waals surface area contributed by atoms with E-state index >= 15 is 4.39 Å². The van der Waals surface area contributed by atoms with E-state index in [2.05, 4.69) is 14.5 Å². The summed E-state index contributed by atoms with van der Waals surface area (Å²) in [6, 6.07) is 1.12. The molecular weight excluding hydrogens is 568 g/mol. The standard InChI is InChI=1S/C21H35FN3O14P/c1-13(2)38-19(28)33-11-36-40(30,37-12-34-20(29)39-14(3)4)35-10-21(32-6,9-31-5)16(26)17(22)25-8-7-15(23)24-18(25)27/h7-8,13-14,16-17,26H,9-12H2,1-6H3,(H2,23,24,27)/t16-,17-,21+/m0/s1. The highest BCUT2D eigenvalue weighted by atomic mass is 31.2. The van der Waals surface area contributed by atoms with Crippen LogP contribution in [0.25, 0.3) is 0 Å². The van der Waals surface area contributed by atoms with Crippen LogP contribution in [0, 0.1) is 0 Å². The van der Waals surface area contributed by atoms with Gasteiger partial charge < -0.3 is 39.3 Å². The van der Waals surface area contributed by atoms with Crippen LogP contribution in [0.5, 0.6) is 0 Å². The lowest BCUT2D eigenvalue weighted by Crippen LogP contribution is -2.55. The normalized spacial score (nSPS) is 14.8. The SMILES string of the molecule is COC[C@](COP(=O)(OCOC(=O)OC(C)C)OCOC(=O)OC(C)C)(OC)[C@@H](O)[C@@H](F)n1ccc(N)nc1=O. The minimum Gasteiger partial charge on any atom is -0.432 e. The molecule has 0 aliphatic heterocycles. The van der Waals surface area contributed by atoms with Crippen LogP contribution in [-0.4, -0.2) is 91.9 Å².